The van der Waals surface area contributed by atoms with Crippen molar-refractivity contribution in [1.82, 2.24) is 0 Å². The third-order valence-electron chi connectivity index (χ3n) is 1.26. The van der Waals surface area contributed by atoms with Crippen LogP contribution in [-0.4, -0.2) is 0 Å². The normalized spacial score (nSPS) is 10.4. The van der Waals surface area contributed by atoms with Gasteiger partial charge < -0.3 is 0 Å². The summed E-state index contributed by atoms with van der Waals surface area (Å²) in [6.45, 7) is 8.16. The third-order valence-corrected chi connectivity index (χ3v) is 1.26. The fourth-order valence-corrected chi connectivity index (χ4v) is 0.535. The van der Waals surface area contributed by atoms with Gasteiger partial charge in [0.25, 0.3) is 0 Å². The molecule has 52 valence electrons. The van der Waals surface area contributed by atoms with Gasteiger partial charge in [0.2, 0.25) is 0 Å². The van der Waals surface area contributed by atoms with Crippen LogP contribution < -0.4 is 0 Å². The molecule has 0 aromatic rings. The van der Waals surface area contributed by atoms with Crippen molar-refractivity contribution in [1.29, 1.82) is 0 Å². The van der Waals surface area contributed by atoms with Crippen molar-refractivity contribution in [3.8, 4) is 0 Å². The number of unbranched alkanes of at least 4 members (excludes halogenated alkanes) is 1. The summed E-state index contributed by atoms with van der Waals surface area (Å²) in [7, 11) is 0. The minimum Gasteiger partial charge on any atom is -0.0959 e. The molecular weight excluding hydrogens is 108 g/mol. The largest absolute Gasteiger partial charge is 0.0959 e. The number of hydrogen-bond acceptors (Lipinski definition) is 0. The first kappa shape index (κ1) is 8.48. The predicted octanol–water partition coefficient (Wildman–Crippen LogP) is 3.31. The van der Waals surface area contributed by atoms with Crippen LogP contribution in [0.15, 0.2) is 24.3 Å². The van der Waals surface area contributed by atoms with Gasteiger partial charge in [0.15, 0.2) is 0 Å². The average molecular weight is 124 g/mol. The molecule has 0 rings (SSSR count). The molecule has 0 unspecified atom stereocenters. The van der Waals surface area contributed by atoms with E-state index in [0.717, 1.165) is 6.42 Å². The standard InChI is InChI=1S/C9H16/c1-4-6-7-8-9(3)5-2/h7-8H,3-6H2,1-2H3/b8-7+. The summed E-state index contributed by atoms with van der Waals surface area (Å²) < 4.78 is 0. The highest BCUT2D eigenvalue weighted by molar-refractivity contribution is 5.13. The van der Waals surface area contributed by atoms with Crippen LogP contribution in [0.4, 0.5) is 0 Å². The zero-order valence-electron chi connectivity index (χ0n) is 6.48. The Bertz CT molecular complexity index is 98.6. The summed E-state index contributed by atoms with van der Waals surface area (Å²) in [4.78, 5) is 0. The highest BCUT2D eigenvalue weighted by Gasteiger charge is 1.78. The Kier molecular flexibility index (Phi) is 5.29. The van der Waals surface area contributed by atoms with Gasteiger partial charge >= 0.3 is 0 Å². The third kappa shape index (κ3) is 5.35. The summed E-state index contributed by atoms with van der Waals surface area (Å²) in [6, 6.07) is 0. The molecule has 0 spiro atoms. The molecule has 0 heterocycles. The molecule has 0 saturated carbocycles. The lowest BCUT2D eigenvalue weighted by Gasteiger charge is -1.89. The van der Waals surface area contributed by atoms with Crippen molar-refractivity contribution in [2.75, 3.05) is 0 Å². The van der Waals surface area contributed by atoms with Gasteiger partial charge in [0.05, 0.1) is 0 Å². The van der Waals surface area contributed by atoms with E-state index < -0.39 is 0 Å². The Labute approximate surface area is 58.3 Å². The first-order valence-electron chi connectivity index (χ1n) is 3.65. The number of allylic oxidation sites excluding steroid dienone is 3. The molecule has 0 aliphatic carbocycles. The monoisotopic (exact) mass is 124 g/mol. The first-order chi connectivity index (χ1) is 4.31. The smallest absolute Gasteiger partial charge is 0.0313 e. The minimum atomic E-state index is 1.07. The van der Waals surface area contributed by atoms with E-state index in [0.29, 0.717) is 0 Å². The zero-order valence-corrected chi connectivity index (χ0v) is 6.48. The van der Waals surface area contributed by atoms with Crippen molar-refractivity contribution in [2.24, 2.45) is 0 Å². The summed E-state index contributed by atoms with van der Waals surface area (Å²) >= 11 is 0. The molecule has 0 saturated heterocycles. The summed E-state index contributed by atoms with van der Waals surface area (Å²) in [5.41, 5.74) is 1.23. The second-order valence-corrected chi connectivity index (χ2v) is 2.20. The van der Waals surface area contributed by atoms with Crippen molar-refractivity contribution in [3.63, 3.8) is 0 Å². The van der Waals surface area contributed by atoms with Crippen LogP contribution >= 0.6 is 0 Å². The van der Waals surface area contributed by atoms with E-state index in [1.807, 2.05) is 0 Å². The zero-order chi connectivity index (χ0) is 7.11. The predicted molar refractivity (Wildman–Crippen MR) is 43.5 cm³/mol. The molecule has 0 fully saturated rings. The van der Waals surface area contributed by atoms with Crippen LogP contribution in [-0.2, 0) is 0 Å². The van der Waals surface area contributed by atoms with Crippen molar-refractivity contribution in [2.45, 2.75) is 33.1 Å². The molecule has 0 aliphatic rings. The van der Waals surface area contributed by atoms with Crippen LogP contribution in [0.25, 0.3) is 0 Å². The summed E-state index contributed by atoms with van der Waals surface area (Å²) in [5.74, 6) is 0. The lowest BCUT2D eigenvalue weighted by molar-refractivity contribution is 0.956. The van der Waals surface area contributed by atoms with Crippen LogP contribution in [0.3, 0.4) is 0 Å². The van der Waals surface area contributed by atoms with E-state index in [1.54, 1.807) is 0 Å². The molecule has 0 N–H and O–H groups in total. The topological polar surface area (TPSA) is 0 Å². The molecule has 0 atom stereocenters. The Morgan fingerprint density at radius 1 is 1.44 bits per heavy atom. The highest BCUT2D eigenvalue weighted by atomic mass is 13.9. The molecule has 0 aromatic carbocycles. The van der Waals surface area contributed by atoms with E-state index in [-0.39, 0.29) is 0 Å². The van der Waals surface area contributed by atoms with Crippen LogP contribution in [0.1, 0.15) is 33.1 Å². The summed E-state index contributed by atoms with van der Waals surface area (Å²) in [5, 5.41) is 0. The van der Waals surface area contributed by atoms with Gasteiger partial charge in [-0.3, -0.25) is 0 Å². The molecule has 0 nitrogen and oxygen atoms in total. The Morgan fingerprint density at radius 2 is 2.11 bits per heavy atom. The van der Waals surface area contributed by atoms with E-state index in [4.69, 9.17) is 0 Å². The lowest BCUT2D eigenvalue weighted by atomic mass is 10.2. The Morgan fingerprint density at radius 3 is 2.56 bits per heavy atom. The Balaban J connectivity index is 3.32. The van der Waals surface area contributed by atoms with Gasteiger partial charge in [-0.05, 0) is 12.8 Å². The minimum absolute atomic E-state index is 1.07. The van der Waals surface area contributed by atoms with Gasteiger partial charge in [-0.2, -0.15) is 0 Å². The highest BCUT2D eigenvalue weighted by Crippen LogP contribution is 1.99. The van der Waals surface area contributed by atoms with E-state index >= 15 is 0 Å². The average Bonchev–Trinajstić information content (AvgIpc) is 1.89. The second kappa shape index (κ2) is 5.61. The van der Waals surface area contributed by atoms with Crippen LogP contribution in [0.2, 0.25) is 0 Å². The molecule has 0 aromatic heterocycles. The fourth-order valence-electron chi connectivity index (χ4n) is 0.535. The lowest BCUT2D eigenvalue weighted by Crippen LogP contribution is -1.68. The number of rotatable bonds is 4. The van der Waals surface area contributed by atoms with Gasteiger partial charge in [-0.1, -0.05) is 44.6 Å². The van der Waals surface area contributed by atoms with E-state index in [2.05, 4.69) is 32.6 Å². The van der Waals surface area contributed by atoms with Gasteiger partial charge in [0, 0.05) is 0 Å². The maximum absolute atomic E-state index is 3.86. The maximum Gasteiger partial charge on any atom is -0.0313 e. The Hall–Kier alpha value is -0.520. The van der Waals surface area contributed by atoms with Crippen LogP contribution in [0, 0.1) is 0 Å². The number of hydrogen-bond donors (Lipinski definition) is 0. The quantitative estimate of drug-likeness (QED) is 0.504. The molecule has 9 heavy (non-hydrogen) atoms. The first-order valence-corrected chi connectivity index (χ1v) is 3.65. The second-order valence-electron chi connectivity index (χ2n) is 2.20. The summed E-state index contributed by atoms with van der Waals surface area (Å²) in [6.07, 6.45) is 7.78. The van der Waals surface area contributed by atoms with Crippen molar-refractivity contribution in [3.05, 3.63) is 24.3 Å². The van der Waals surface area contributed by atoms with E-state index in [9.17, 15) is 0 Å². The molecule has 0 aliphatic heterocycles. The molecule has 0 radical (unpaired) electrons. The van der Waals surface area contributed by atoms with Gasteiger partial charge in [-0.25, -0.2) is 0 Å². The molecule has 0 heteroatoms. The van der Waals surface area contributed by atoms with Gasteiger partial charge in [-0.15, -0.1) is 0 Å². The van der Waals surface area contributed by atoms with Crippen molar-refractivity contribution < 1.29 is 0 Å². The molecule has 0 amide bonds. The van der Waals surface area contributed by atoms with Gasteiger partial charge in [0.1, 0.15) is 0 Å². The SMILES string of the molecule is C=C(/C=C/CCC)CC. The maximum atomic E-state index is 3.86. The van der Waals surface area contributed by atoms with E-state index in [1.165, 1.54) is 18.4 Å². The van der Waals surface area contributed by atoms with Crippen LogP contribution in [0.5, 0.6) is 0 Å². The fraction of sp³-hybridized carbons (Fsp3) is 0.556. The van der Waals surface area contributed by atoms with Crippen molar-refractivity contribution >= 4 is 0 Å². The molecule has 0 bridgehead atoms. The molecular formula is C9H16.